The van der Waals surface area contributed by atoms with Crippen LogP contribution in [-0.4, -0.2) is 5.91 Å². The number of nitrogens with one attached hydrogen (secondary N) is 1. The molecule has 4 nitrogen and oxygen atoms in total. The van der Waals surface area contributed by atoms with E-state index in [1.54, 1.807) is 36.4 Å². The fraction of sp³-hybridized carbons (Fsp3) is 0.0714. The van der Waals surface area contributed by atoms with Crippen LogP contribution in [0.15, 0.2) is 36.4 Å². The molecule has 0 radical (unpaired) electrons. The molecule has 0 aliphatic rings. The lowest BCUT2D eigenvalue weighted by atomic mass is 10.2. The standard InChI is InChI=1S/C14H12Cl2N2O2/c1-8(19)18-12-4-2-3-5-13(12)20-14-10(15)6-9(17)7-11(14)16/h2-7H,17H2,1H3,(H,18,19). The molecule has 0 aromatic heterocycles. The number of para-hydroxylation sites is 2. The van der Waals surface area contributed by atoms with E-state index >= 15 is 0 Å². The maximum atomic E-state index is 11.2. The summed E-state index contributed by atoms with van der Waals surface area (Å²) in [4.78, 5) is 11.2. The molecule has 3 N–H and O–H groups in total. The largest absolute Gasteiger partial charge is 0.452 e. The highest BCUT2D eigenvalue weighted by Crippen LogP contribution is 2.40. The first-order chi connectivity index (χ1) is 9.47. The molecule has 0 aliphatic carbocycles. The van der Waals surface area contributed by atoms with E-state index in [4.69, 9.17) is 33.7 Å². The molecule has 0 saturated heterocycles. The van der Waals surface area contributed by atoms with Crippen LogP contribution < -0.4 is 15.8 Å². The lowest BCUT2D eigenvalue weighted by Crippen LogP contribution is -2.06. The van der Waals surface area contributed by atoms with Crippen molar-refractivity contribution in [2.75, 3.05) is 11.1 Å². The average Bonchev–Trinajstić information content (AvgIpc) is 2.34. The quantitative estimate of drug-likeness (QED) is 0.829. The molecule has 0 bridgehead atoms. The molecule has 1 amide bonds. The van der Waals surface area contributed by atoms with Gasteiger partial charge in [-0.2, -0.15) is 0 Å². The topological polar surface area (TPSA) is 64.3 Å². The number of amides is 1. The van der Waals surface area contributed by atoms with E-state index in [2.05, 4.69) is 5.32 Å². The second-order valence-corrected chi connectivity index (χ2v) is 4.91. The Balaban J connectivity index is 2.38. The van der Waals surface area contributed by atoms with E-state index in [1.807, 2.05) is 0 Å². The van der Waals surface area contributed by atoms with Crippen molar-refractivity contribution < 1.29 is 9.53 Å². The molecule has 0 unspecified atom stereocenters. The Bertz CT molecular complexity index is 636. The van der Waals surface area contributed by atoms with Gasteiger partial charge in [-0.1, -0.05) is 35.3 Å². The Morgan fingerprint density at radius 1 is 1.20 bits per heavy atom. The molecule has 2 aromatic carbocycles. The number of benzene rings is 2. The van der Waals surface area contributed by atoms with Gasteiger partial charge in [0, 0.05) is 12.6 Å². The summed E-state index contributed by atoms with van der Waals surface area (Å²) < 4.78 is 5.69. The summed E-state index contributed by atoms with van der Waals surface area (Å²) in [6.07, 6.45) is 0. The fourth-order valence-electron chi connectivity index (χ4n) is 1.64. The van der Waals surface area contributed by atoms with E-state index in [-0.39, 0.29) is 5.91 Å². The van der Waals surface area contributed by atoms with E-state index in [0.29, 0.717) is 32.9 Å². The van der Waals surface area contributed by atoms with E-state index in [9.17, 15) is 4.79 Å². The van der Waals surface area contributed by atoms with Crippen LogP contribution in [0.2, 0.25) is 10.0 Å². The van der Waals surface area contributed by atoms with Crippen molar-refractivity contribution in [1.82, 2.24) is 0 Å². The van der Waals surface area contributed by atoms with Gasteiger partial charge >= 0.3 is 0 Å². The first kappa shape index (κ1) is 14.5. The maximum absolute atomic E-state index is 11.2. The minimum Gasteiger partial charge on any atom is -0.452 e. The number of ether oxygens (including phenoxy) is 1. The van der Waals surface area contributed by atoms with Gasteiger partial charge in [-0.3, -0.25) is 4.79 Å². The zero-order valence-corrected chi connectivity index (χ0v) is 12.1. The molecule has 20 heavy (non-hydrogen) atoms. The van der Waals surface area contributed by atoms with Gasteiger partial charge in [-0.05, 0) is 24.3 Å². The summed E-state index contributed by atoms with van der Waals surface area (Å²) in [7, 11) is 0. The van der Waals surface area contributed by atoms with Crippen LogP contribution in [0.3, 0.4) is 0 Å². The molecule has 0 fully saturated rings. The summed E-state index contributed by atoms with van der Waals surface area (Å²) in [5.74, 6) is 0.534. The number of carbonyl (C=O) groups is 1. The Morgan fingerprint density at radius 2 is 1.80 bits per heavy atom. The molecular weight excluding hydrogens is 299 g/mol. The van der Waals surface area contributed by atoms with Crippen LogP contribution in [0.5, 0.6) is 11.5 Å². The number of halogens is 2. The molecule has 2 rings (SSSR count). The first-order valence-electron chi connectivity index (χ1n) is 5.76. The lowest BCUT2D eigenvalue weighted by Gasteiger charge is -2.13. The number of nitrogen functional groups attached to an aromatic ring is 1. The molecule has 2 aromatic rings. The molecule has 0 atom stereocenters. The van der Waals surface area contributed by atoms with Crippen LogP contribution in [0.4, 0.5) is 11.4 Å². The van der Waals surface area contributed by atoms with Crippen molar-refractivity contribution in [2.45, 2.75) is 6.92 Å². The van der Waals surface area contributed by atoms with Crippen molar-refractivity contribution in [1.29, 1.82) is 0 Å². The third-order valence-corrected chi connectivity index (χ3v) is 2.99. The van der Waals surface area contributed by atoms with Crippen LogP contribution in [-0.2, 0) is 4.79 Å². The Kier molecular flexibility index (Phi) is 4.37. The summed E-state index contributed by atoms with van der Waals surface area (Å²) >= 11 is 12.1. The highest BCUT2D eigenvalue weighted by molar-refractivity contribution is 6.37. The van der Waals surface area contributed by atoms with Crippen LogP contribution in [0, 0.1) is 0 Å². The summed E-state index contributed by atoms with van der Waals surface area (Å²) in [6.45, 7) is 1.42. The second kappa shape index (κ2) is 6.03. The third kappa shape index (κ3) is 3.35. The van der Waals surface area contributed by atoms with Gasteiger partial charge < -0.3 is 15.8 Å². The van der Waals surface area contributed by atoms with Crippen molar-refractivity contribution in [2.24, 2.45) is 0 Å². The maximum Gasteiger partial charge on any atom is 0.221 e. The summed E-state index contributed by atoms with van der Waals surface area (Å²) in [5.41, 5.74) is 6.61. The predicted octanol–water partition coefficient (Wildman–Crippen LogP) is 4.33. The molecule has 0 spiro atoms. The molecule has 104 valence electrons. The van der Waals surface area contributed by atoms with Crippen molar-refractivity contribution in [3.63, 3.8) is 0 Å². The second-order valence-electron chi connectivity index (χ2n) is 4.09. The normalized spacial score (nSPS) is 10.2. The number of nitrogens with two attached hydrogens (primary N) is 1. The number of carbonyl (C=O) groups excluding carboxylic acids is 1. The van der Waals surface area contributed by atoms with Crippen LogP contribution in [0.25, 0.3) is 0 Å². The third-order valence-electron chi connectivity index (χ3n) is 2.43. The minimum atomic E-state index is -0.199. The molecular formula is C14H12Cl2N2O2. The average molecular weight is 311 g/mol. The number of hydrogen-bond acceptors (Lipinski definition) is 3. The summed E-state index contributed by atoms with van der Waals surface area (Å²) in [5, 5.41) is 3.27. The smallest absolute Gasteiger partial charge is 0.221 e. The van der Waals surface area contributed by atoms with Gasteiger partial charge in [0.05, 0.1) is 15.7 Å². The Labute approximate surface area is 126 Å². The minimum absolute atomic E-state index is 0.199. The van der Waals surface area contributed by atoms with Crippen molar-refractivity contribution >= 4 is 40.5 Å². The number of hydrogen-bond donors (Lipinski definition) is 2. The Hall–Kier alpha value is -1.91. The fourth-order valence-corrected chi connectivity index (χ4v) is 2.22. The zero-order chi connectivity index (χ0) is 14.7. The Morgan fingerprint density at radius 3 is 2.40 bits per heavy atom. The number of anilines is 2. The number of rotatable bonds is 3. The highest BCUT2D eigenvalue weighted by atomic mass is 35.5. The van der Waals surface area contributed by atoms with Gasteiger partial charge in [-0.25, -0.2) is 0 Å². The van der Waals surface area contributed by atoms with Gasteiger partial charge in [0.15, 0.2) is 11.5 Å². The highest BCUT2D eigenvalue weighted by Gasteiger charge is 2.12. The molecule has 0 aliphatic heterocycles. The van der Waals surface area contributed by atoms with E-state index in [1.165, 1.54) is 6.92 Å². The van der Waals surface area contributed by atoms with Gasteiger partial charge in [0.2, 0.25) is 5.91 Å². The van der Waals surface area contributed by atoms with Crippen LogP contribution in [0.1, 0.15) is 6.92 Å². The van der Waals surface area contributed by atoms with Crippen molar-refractivity contribution in [3.8, 4) is 11.5 Å². The summed E-state index contributed by atoms with van der Waals surface area (Å²) in [6, 6.07) is 10.1. The first-order valence-corrected chi connectivity index (χ1v) is 6.52. The zero-order valence-electron chi connectivity index (χ0n) is 10.6. The lowest BCUT2D eigenvalue weighted by molar-refractivity contribution is -0.114. The van der Waals surface area contributed by atoms with Gasteiger partial charge in [0.25, 0.3) is 0 Å². The van der Waals surface area contributed by atoms with E-state index < -0.39 is 0 Å². The van der Waals surface area contributed by atoms with Crippen LogP contribution >= 0.6 is 23.2 Å². The molecule has 0 heterocycles. The monoisotopic (exact) mass is 310 g/mol. The predicted molar refractivity (Wildman–Crippen MR) is 81.7 cm³/mol. The van der Waals surface area contributed by atoms with Gasteiger partial charge in [0.1, 0.15) is 0 Å². The van der Waals surface area contributed by atoms with Crippen molar-refractivity contribution in [3.05, 3.63) is 46.4 Å². The molecule has 6 heteroatoms. The molecule has 0 saturated carbocycles. The van der Waals surface area contributed by atoms with E-state index in [0.717, 1.165) is 0 Å². The SMILES string of the molecule is CC(=O)Nc1ccccc1Oc1c(Cl)cc(N)cc1Cl. The van der Waals surface area contributed by atoms with Gasteiger partial charge in [-0.15, -0.1) is 0 Å².